The molecule has 0 amide bonds. The highest BCUT2D eigenvalue weighted by atomic mass is 16.3. The van der Waals surface area contributed by atoms with E-state index in [1.807, 2.05) is 19.2 Å². The number of hydrogen-bond acceptors (Lipinski definition) is 2. The molecule has 1 aromatic rings. The van der Waals surface area contributed by atoms with Crippen LogP contribution in [0.2, 0.25) is 0 Å². The number of nitrogens with one attached hydrogen (secondary N) is 1. The van der Waals surface area contributed by atoms with Gasteiger partial charge >= 0.3 is 0 Å². The maximum atomic E-state index is 5.22. The first kappa shape index (κ1) is 9.33. The van der Waals surface area contributed by atoms with E-state index in [-0.39, 0.29) is 0 Å². The van der Waals surface area contributed by atoms with Crippen LogP contribution in [0, 0.1) is 0 Å². The molecule has 1 rings (SSSR count). The SMILES string of the molecule is CNCCCCCc1ccco1. The quantitative estimate of drug-likeness (QED) is 0.657. The second-order valence-corrected chi connectivity index (χ2v) is 2.99. The van der Waals surface area contributed by atoms with Gasteiger partial charge in [-0.2, -0.15) is 0 Å². The smallest absolute Gasteiger partial charge is 0.103 e. The second kappa shape index (κ2) is 5.84. The van der Waals surface area contributed by atoms with Crippen molar-refractivity contribution in [3.63, 3.8) is 0 Å². The molecule has 1 heterocycles. The molecule has 0 fully saturated rings. The van der Waals surface area contributed by atoms with Gasteiger partial charge < -0.3 is 9.73 Å². The van der Waals surface area contributed by atoms with E-state index in [0.717, 1.165) is 18.7 Å². The number of rotatable bonds is 6. The van der Waals surface area contributed by atoms with E-state index in [2.05, 4.69) is 5.32 Å². The van der Waals surface area contributed by atoms with E-state index >= 15 is 0 Å². The van der Waals surface area contributed by atoms with Gasteiger partial charge in [0.1, 0.15) is 5.76 Å². The molecule has 0 bridgehead atoms. The molecule has 68 valence electrons. The molecule has 2 heteroatoms. The lowest BCUT2D eigenvalue weighted by atomic mass is 10.1. The Labute approximate surface area is 74.0 Å². The Hall–Kier alpha value is -0.760. The Morgan fingerprint density at radius 1 is 1.33 bits per heavy atom. The lowest BCUT2D eigenvalue weighted by molar-refractivity contribution is 0.494. The van der Waals surface area contributed by atoms with Crippen LogP contribution in [0.3, 0.4) is 0 Å². The lowest BCUT2D eigenvalue weighted by Crippen LogP contribution is -2.07. The molecule has 1 N–H and O–H groups in total. The summed E-state index contributed by atoms with van der Waals surface area (Å²) >= 11 is 0. The summed E-state index contributed by atoms with van der Waals surface area (Å²) in [6.07, 6.45) is 6.59. The van der Waals surface area contributed by atoms with Crippen LogP contribution >= 0.6 is 0 Å². The van der Waals surface area contributed by atoms with Crippen LogP contribution in [0.1, 0.15) is 25.0 Å². The first-order valence-corrected chi connectivity index (χ1v) is 4.60. The summed E-state index contributed by atoms with van der Waals surface area (Å²) in [6, 6.07) is 3.99. The molecule has 0 aliphatic heterocycles. The van der Waals surface area contributed by atoms with E-state index < -0.39 is 0 Å². The van der Waals surface area contributed by atoms with Crippen molar-refractivity contribution in [2.75, 3.05) is 13.6 Å². The maximum absolute atomic E-state index is 5.22. The average Bonchev–Trinajstić information content (AvgIpc) is 2.57. The van der Waals surface area contributed by atoms with Crippen LogP contribution in [0.4, 0.5) is 0 Å². The Morgan fingerprint density at radius 2 is 2.25 bits per heavy atom. The van der Waals surface area contributed by atoms with Gasteiger partial charge in [0.25, 0.3) is 0 Å². The van der Waals surface area contributed by atoms with Gasteiger partial charge in [0, 0.05) is 6.42 Å². The van der Waals surface area contributed by atoms with E-state index in [4.69, 9.17) is 4.42 Å². The van der Waals surface area contributed by atoms with Crippen LogP contribution in [-0.2, 0) is 6.42 Å². The van der Waals surface area contributed by atoms with Crippen LogP contribution in [0.5, 0.6) is 0 Å². The van der Waals surface area contributed by atoms with Gasteiger partial charge in [0.15, 0.2) is 0 Å². The van der Waals surface area contributed by atoms with E-state index in [9.17, 15) is 0 Å². The van der Waals surface area contributed by atoms with Gasteiger partial charge in [-0.15, -0.1) is 0 Å². The van der Waals surface area contributed by atoms with Crippen molar-refractivity contribution in [2.45, 2.75) is 25.7 Å². The minimum absolute atomic E-state index is 1.08. The maximum Gasteiger partial charge on any atom is 0.103 e. The third-order valence-corrected chi connectivity index (χ3v) is 1.93. The molecule has 0 aliphatic rings. The van der Waals surface area contributed by atoms with Crippen molar-refractivity contribution in [2.24, 2.45) is 0 Å². The Bertz CT molecular complexity index is 182. The van der Waals surface area contributed by atoms with Gasteiger partial charge in [0.05, 0.1) is 6.26 Å². The molecule has 0 radical (unpaired) electrons. The molecule has 0 aromatic carbocycles. The monoisotopic (exact) mass is 167 g/mol. The van der Waals surface area contributed by atoms with Crippen molar-refractivity contribution < 1.29 is 4.42 Å². The molecule has 12 heavy (non-hydrogen) atoms. The van der Waals surface area contributed by atoms with E-state index in [0.29, 0.717) is 0 Å². The fraction of sp³-hybridized carbons (Fsp3) is 0.600. The number of aryl methyl sites for hydroxylation is 1. The van der Waals surface area contributed by atoms with Gasteiger partial charge in [-0.25, -0.2) is 0 Å². The summed E-state index contributed by atoms with van der Waals surface area (Å²) < 4.78 is 5.22. The molecule has 0 unspecified atom stereocenters. The summed E-state index contributed by atoms with van der Waals surface area (Å²) in [5.41, 5.74) is 0. The van der Waals surface area contributed by atoms with Crippen molar-refractivity contribution >= 4 is 0 Å². The molecular formula is C10H17NO. The minimum Gasteiger partial charge on any atom is -0.469 e. The van der Waals surface area contributed by atoms with Crippen molar-refractivity contribution in [3.8, 4) is 0 Å². The third-order valence-electron chi connectivity index (χ3n) is 1.93. The van der Waals surface area contributed by atoms with Gasteiger partial charge in [-0.1, -0.05) is 6.42 Å². The largest absolute Gasteiger partial charge is 0.469 e. The predicted octanol–water partition coefficient (Wildman–Crippen LogP) is 2.21. The molecule has 0 saturated heterocycles. The van der Waals surface area contributed by atoms with Gasteiger partial charge in [-0.05, 0) is 38.6 Å². The van der Waals surface area contributed by atoms with Crippen LogP contribution < -0.4 is 5.32 Å². The van der Waals surface area contributed by atoms with E-state index in [1.54, 1.807) is 6.26 Å². The van der Waals surface area contributed by atoms with E-state index in [1.165, 1.54) is 19.3 Å². The van der Waals surface area contributed by atoms with Crippen molar-refractivity contribution in [3.05, 3.63) is 24.2 Å². The molecule has 1 aromatic heterocycles. The van der Waals surface area contributed by atoms with Crippen LogP contribution in [-0.4, -0.2) is 13.6 Å². The average molecular weight is 167 g/mol. The summed E-state index contributed by atoms with van der Waals surface area (Å²) in [6.45, 7) is 1.12. The second-order valence-electron chi connectivity index (χ2n) is 2.99. The fourth-order valence-corrected chi connectivity index (χ4v) is 1.23. The molecule has 0 saturated carbocycles. The molecule has 0 spiro atoms. The fourth-order valence-electron chi connectivity index (χ4n) is 1.23. The topological polar surface area (TPSA) is 25.2 Å². The van der Waals surface area contributed by atoms with Crippen LogP contribution in [0.25, 0.3) is 0 Å². The van der Waals surface area contributed by atoms with Gasteiger partial charge in [-0.3, -0.25) is 0 Å². The van der Waals surface area contributed by atoms with Crippen molar-refractivity contribution in [1.29, 1.82) is 0 Å². The zero-order chi connectivity index (χ0) is 8.65. The lowest BCUT2D eigenvalue weighted by Gasteiger charge is -1.98. The standard InChI is InChI=1S/C10H17NO/c1-11-8-4-2-3-6-10-7-5-9-12-10/h5,7,9,11H,2-4,6,8H2,1H3. The zero-order valence-corrected chi connectivity index (χ0v) is 7.68. The number of hydrogen-bond donors (Lipinski definition) is 1. The first-order chi connectivity index (χ1) is 5.93. The Balaban J connectivity index is 1.96. The third kappa shape index (κ3) is 3.58. The van der Waals surface area contributed by atoms with Crippen molar-refractivity contribution in [1.82, 2.24) is 5.32 Å². The van der Waals surface area contributed by atoms with Gasteiger partial charge in [0.2, 0.25) is 0 Å². The normalized spacial score (nSPS) is 10.4. The molecule has 2 nitrogen and oxygen atoms in total. The zero-order valence-electron chi connectivity index (χ0n) is 7.68. The number of unbranched alkanes of at least 4 members (excludes halogenated alkanes) is 2. The first-order valence-electron chi connectivity index (χ1n) is 4.60. The summed E-state index contributed by atoms with van der Waals surface area (Å²) in [7, 11) is 1.99. The summed E-state index contributed by atoms with van der Waals surface area (Å²) in [5, 5.41) is 3.14. The molecule has 0 aliphatic carbocycles. The minimum atomic E-state index is 1.08. The Morgan fingerprint density at radius 3 is 2.92 bits per heavy atom. The molecule has 0 atom stereocenters. The summed E-state index contributed by atoms with van der Waals surface area (Å²) in [4.78, 5) is 0. The predicted molar refractivity (Wildman–Crippen MR) is 50.2 cm³/mol. The molecular weight excluding hydrogens is 150 g/mol. The highest BCUT2D eigenvalue weighted by Gasteiger charge is 1.94. The highest BCUT2D eigenvalue weighted by molar-refractivity contribution is 4.97. The summed E-state index contributed by atoms with van der Waals surface area (Å²) in [5.74, 6) is 1.11. The highest BCUT2D eigenvalue weighted by Crippen LogP contribution is 2.06. The number of furan rings is 1. The van der Waals surface area contributed by atoms with Crippen LogP contribution in [0.15, 0.2) is 22.8 Å². The Kier molecular flexibility index (Phi) is 4.54.